The fraction of sp³-hybridized carbons (Fsp3) is 1.00. The molecule has 18 heavy (non-hydrogen) atoms. The molecule has 0 heterocycles. The van der Waals surface area contributed by atoms with Gasteiger partial charge >= 0.3 is 0 Å². The molecule has 0 bridgehead atoms. The Bertz CT molecular complexity index is 243. The number of hydrogen-bond donors (Lipinski definition) is 1. The maximum absolute atomic E-state index is 6.49. The van der Waals surface area contributed by atoms with E-state index < -0.39 is 0 Å². The Morgan fingerprint density at radius 3 is 2.11 bits per heavy atom. The molecule has 1 fully saturated rings. The van der Waals surface area contributed by atoms with Crippen LogP contribution in [0.1, 0.15) is 52.9 Å². The van der Waals surface area contributed by atoms with E-state index in [0.29, 0.717) is 11.3 Å². The summed E-state index contributed by atoms with van der Waals surface area (Å²) in [5, 5.41) is 0. The Labute approximate surface area is 112 Å². The molecule has 1 saturated carbocycles. The number of nitrogens with two attached hydrogens (primary N) is 1. The van der Waals surface area contributed by atoms with Crippen LogP contribution < -0.4 is 5.73 Å². The van der Waals surface area contributed by atoms with Gasteiger partial charge in [0, 0.05) is 26.9 Å². The van der Waals surface area contributed by atoms with Crippen molar-refractivity contribution in [2.24, 2.45) is 17.1 Å². The van der Waals surface area contributed by atoms with Gasteiger partial charge in [0.05, 0.1) is 5.60 Å². The molecule has 2 N–H and O–H groups in total. The highest BCUT2D eigenvalue weighted by Crippen LogP contribution is 2.44. The fourth-order valence-corrected chi connectivity index (χ4v) is 3.03. The van der Waals surface area contributed by atoms with Gasteiger partial charge in [0.2, 0.25) is 0 Å². The molecule has 0 saturated heterocycles. The minimum atomic E-state index is -0.122. The van der Waals surface area contributed by atoms with Crippen molar-refractivity contribution >= 4 is 0 Å². The predicted octanol–water partition coefficient (Wildman–Crippen LogP) is 2.97. The van der Waals surface area contributed by atoms with Gasteiger partial charge in [0.25, 0.3) is 0 Å². The number of hydrogen-bond acceptors (Lipinski definition) is 3. The van der Waals surface area contributed by atoms with Crippen LogP contribution in [0.2, 0.25) is 0 Å². The van der Waals surface area contributed by atoms with E-state index >= 15 is 0 Å². The third kappa shape index (κ3) is 3.69. The van der Waals surface area contributed by atoms with E-state index in [1.807, 2.05) is 7.11 Å². The molecule has 2 unspecified atom stereocenters. The minimum Gasteiger partial charge on any atom is -0.385 e. The van der Waals surface area contributed by atoms with E-state index in [-0.39, 0.29) is 11.6 Å². The predicted molar refractivity (Wildman–Crippen MR) is 75.6 cm³/mol. The van der Waals surface area contributed by atoms with Gasteiger partial charge in [0.15, 0.2) is 0 Å². The van der Waals surface area contributed by atoms with E-state index in [4.69, 9.17) is 15.2 Å². The largest absolute Gasteiger partial charge is 0.385 e. The molecule has 2 atom stereocenters. The first-order valence-electron chi connectivity index (χ1n) is 7.16. The highest BCUT2D eigenvalue weighted by Gasteiger charge is 2.44. The molecule has 108 valence electrons. The second-order valence-electron chi connectivity index (χ2n) is 6.72. The van der Waals surface area contributed by atoms with Crippen LogP contribution in [0, 0.1) is 11.3 Å². The zero-order valence-electron chi connectivity index (χ0n) is 12.8. The third-order valence-corrected chi connectivity index (χ3v) is 4.85. The normalized spacial score (nSPS) is 25.7. The second kappa shape index (κ2) is 6.36. The van der Waals surface area contributed by atoms with Gasteiger partial charge in [0.1, 0.15) is 0 Å². The summed E-state index contributed by atoms with van der Waals surface area (Å²) in [6.45, 7) is 7.67. The molecular formula is C15H31NO2. The minimum absolute atomic E-state index is 0.105. The van der Waals surface area contributed by atoms with Crippen molar-refractivity contribution < 1.29 is 9.47 Å². The van der Waals surface area contributed by atoms with Gasteiger partial charge in [-0.15, -0.1) is 0 Å². The van der Waals surface area contributed by atoms with Gasteiger partial charge in [-0.3, -0.25) is 0 Å². The Morgan fingerprint density at radius 1 is 1.11 bits per heavy atom. The average molecular weight is 257 g/mol. The SMILES string of the molecule is COCCC(C)C(N)C1(OC)CCC(C)(C)CC1. The summed E-state index contributed by atoms with van der Waals surface area (Å²) in [6, 6.07) is 0.105. The molecular weight excluding hydrogens is 226 g/mol. The summed E-state index contributed by atoms with van der Waals surface area (Å²) in [7, 11) is 3.56. The number of ether oxygens (including phenoxy) is 2. The lowest BCUT2D eigenvalue weighted by atomic mass is 9.66. The number of rotatable bonds is 6. The first kappa shape index (κ1) is 15.9. The van der Waals surface area contributed by atoms with Crippen molar-refractivity contribution in [1.29, 1.82) is 0 Å². The topological polar surface area (TPSA) is 44.5 Å². The van der Waals surface area contributed by atoms with Crippen LogP contribution >= 0.6 is 0 Å². The summed E-state index contributed by atoms with van der Waals surface area (Å²) in [4.78, 5) is 0. The maximum atomic E-state index is 6.49. The zero-order valence-corrected chi connectivity index (χ0v) is 12.8. The van der Waals surface area contributed by atoms with E-state index in [1.165, 1.54) is 12.8 Å². The highest BCUT2D eigenvalue weighted by atomic mass is 16.5. The smallest absolute Gasteiger partial charge is 0.0831 e. The van der Waals surface area contributed by atoms with Crippen molar-refractivity contribution in [3.8, 4) is 0 Å². The van der Waals surface area contributed by atoms with Gasteiger partial charge in [-0.25, -0.2) is 0 Å². The van der Waals surface area contributed by atoms with Crippen LogP contribution in [0.5, 0.6) is 0 Å². The van der Waals surface area contributed by atoms with Crippen LogP contribution in [0.15, 0.2) is 0 Å². The van der Waals surface area contributed by atoms with Crippen molar-refractivity contribution in [1.82, 2.24) is 0 Å². The molecule has 1 aliphatic rings. The highest BCUT2D eigenvalue weighted by molar-refractivity contribution is 4.99. The standard InChI is InChI=1S/C15H31NO2/c1-12(6-11-17-4)13(16)15(18-5)9-7-14(2,3)8-10-15/h12-13H,6-11,16H2,1-5H3. The van der Waals surface area contributed by atoms with Crippen LogP contribution in [-0.2, 0) is 9.47 Å². The van der Waals surface area contributed by atoms with E-state index in [0.717, 1.165) is 25.9 Å². The molecule has 0 aromatic heterocycles. The zero-order chi connectivity index (χ0) is 13.8. The van der Waals surface area contributed by atoms with Crippen molar-refractivity contribution in [3.05, 3.63) is 0 Å². The molecule has 1 aliphatic carbocycles. The van der Waals surface area contributed by atoms with Gasteiger partial charge in [-0.05, 0) is 43.4 Å². The van der Waals surface area contributed by atoms with Gasteiger partial charge in [-0.1, -0.05) is 20.8 Å². The quantitative estimate of drug-likeness (QED) is 0.795. The third-order valence-electron chi connectivity index (χ3n) is 4.85. The van der Waals surface area contributed by atoms with Crippen molar-refractivity contribution in [3.63, 3.8) is 0 Å². The molecule has 0 aromatic rings. The molecule has 0 spiro atoms. The average Bonchev–Trinajstić information content (AvgIpc) is 2.36. The Morgan fingerprint density at radius 2 is 1.67 bits per heavy atom. The molecule has 0 radical (unpaired) electrons. The molecule has 0 aromatic carbocycles. The molecule has 0 aliphatic heterocycles. The molecule has 1 rings (SSSR count). The summed E-state index contributed by atoms with van der Waals surface area (Å²) in [6.07, 6.45) is 5.56. The monoisotopic (exact) mass is 257 g/mol. The Kier molecular flexibility index (Phi) is 5.63. The van der Waals surface area contributed by atoms with Crippen molar-refractivity contribution in [2.45, 2.75) is 64.5 Å². The van der Waals surface area contributed by atoms with E-state index in [1.54, 1.807) is 7.11 Å². The van der Waals surface area contributed by atoms with E-state index in [2.05, 4.69) is 20.8 Å². The number of methoxy groups -OCH3 is 2. The maximum Gasteiger partial charge on any atom is 0.0831 e. The van der Waals surface area contributed by atoms with Crippen molar-refractivity contribution in [2.75, 3.05) is 20.8 Å². The first-order chi connectivity index (χ1) is 8.37. The molecule has 3 heteroatoms. The lowest BCUT2D eigenvalue weighted by molar-refractivity contribution is -0.0899. The summed E-state index contributed by atoms with van der Waals surface area (Å²) < 4.78 is 11.0. The van der Waals surface area contributed by atoms with Crippen LogP contribution in [0.25, 0.3) is 0 Å². The van der Waals surface area contributed by atoms with Crippen LogP contribution in [0.3, 0.4) is 0 Å². The second-order valence-corrected chi connectivity index (χ2v) is 6.72. The first-order valence-corrected chi connectivity index (χ1v) is 7.16. The van der Waals surface area contributed by atoms with Crippen LogP contribution in [-0.4, -0.2) is 32.5 Å². The fourth-order valence-electron chi connectivity index (χ4n) is 3.03. The Balaban J connectivity index is 2.64. The summed E-state index contributed by atoms with van der Waals surface area (Å²) in [5.41, 5.74) is 6.81. The van der Waals surface area contributed by atoms with Crippen LogP contribution in [0.4, 0.5) is 0 Å². The molecule has 0 amide bonds. The lowest BCUT2D eigenvalue weighted by Crippen LogP contribution is -2.55. The Hall–Kier alpha value is -0.120. The molecule has 3 nitrogen and oxygen atoms in total. The summed E-state index contributed by atoms with van der Waals surface area (Å²) in [5.74, 6) is 0.436. The lowest BCUT2D eigenvalue weighted by Gasteiger charge is -2.47. The van der Waals surface area contributed by atoms with E-state index in [9.17, 15) is 0 Å². The van der Waals surface area contributed by atoms with Gasteiger partial charge < -0.3 is 15.2 Å². The van der Waals surface area contributed by atoms with Gasteiger partial charge in [-0.2, -0.15) is 0 Å². The summed E-state index contributed by atoms with van der Waals surface area (Å²) >= 11 is 0.